The van der Waals surface area contributed by atoms with E-state index in [1.807, 2.05) is 6.21 Å². The first-order valence-corrected chi connectivity index (χ1v) is 20.1. The van der Waals surface area contributed by atoms with Crippen LogP contribution in [0.25, 0.3) is 0 Å². The quantitative estimate of drug-likeness (QED) is 0.0294. The average Bonchev–Trinajstić information content (AvgIpc) is 3.05. The summed E-state index contributed by atoms with van der Waals surface area (Å²) in [7, 11) is 4.26. The van der Waals surface area contributed by atoms with Crippen molar-refractivity contribution in [3.8, 4) is 0 Å². The predicted molar refractivity (Wildman–Crippen MR) is 209 cm³/mol. The van der Waals surface area contributed by atoms with Gasteiger partial charge < -0.3 is 9.74 Å². The molecule has 0 N–H and O–H groups in total. The highest BCUT2D eigenvalue weighted by Crippen LogP contribution is 2.18. The van der Waals surface area contributed by atoms with E-state index in [0.717, 1.165) is 45.1 Å². The van der Waals surface area contributed by atoms with E-state index in [1.165, 1.54) is 141 Å². The second-order valence-electron chi connectivity index (χ2n) is 13.7. The Hall–Kier alpha value is -1.61. The van der Waals surface area contributed by atoms with Crippen molar-refractivity contribution in [3.05, 3.63) is 48.6 Å². The van der Waals surface area contributed by atoms with Crippen LogP contribution in [0.2, 0.25) is 0 Å². The summed E-state index contributed by atoms with van der Waals surface area (Å²) in [6.07, 6.45) is 56.8. The number of nitrogens with zero attached hydrogens (tertiary/aromatic N) is 2. The van der Waals surface area contributed by atoms with Gasteiger partial charge in [-0.05, 0) is 123 Å². The van der Waals surface area contributed by atoms with E-state index in [0.29, 0.717) is 6.10 Å². The highest BCUT2D eigenvalue weighted by molar-refractivity contribution is 5.56. The van der Waals surface area contributed by atoms with Crippen molar-refractivity contribution in [1.29, 1.82) is 0 Å². The summed E-state index contributed by atoms with van der Waals surface area (Å²) >= 11 is 0. The minimum Gasteiger partial charge on any atom is -0.393 e. The van der Waals surface area contributed by atoms with E-state index in [4.69, 9.17) is 4.84 Å². The molecule has 3 nitrogen and oxygen atoms in total. The molecule has 0 aliphatic rings. The topological polar surface area (TPSA) is 24.8 Å². The lowest BCUT2D eigenvalue weighted by atomic mass is 10.0. The molecule has 0 saturated carbocycles. The Labute approximate surface area is 289 Å². The van der Waals surface area contributed by atoms with Gasteiger partial charge in [-0.1, -0.05) is 145 Å². The normalized spacial score (nSPS) is 12.7. The first-order valence-electron chi connectivity index (χ1n) is 20.1. The summed E-state index contributed by atoms with van der Waals surface area (Å²) in [4.78, 5) is 8.26. The summed E-state index contributed by atoms with van der Waals surface area (Å²) in [5.74, 6) is 0. The van der Waals surface area contributed by atoms with Crippen LogP contribution in [0, 0.1) is 0 Å². The molecule has 0 fully saturated rings. The fraction of sp³-hybridized carbons (Fsp3) is 0.791. The van der Waals surface area contributed by atoms with Crippen LogP contribution in [-0.2, 0) is 4.84 Å². The minimum atomic E-state index is 0.293. The maximum absolute atomic E-state index is 6.03. The average molecular weight is 641 g/mol. The number of rotatable bonds is 36. The summed E-state index contributed by atoms with van der Waals surface area (Å²) in [5, 5.41) is 4.39. The van der Waals surface area contributed by atoms with Gasteiger partial charge in [-0.25, -0.2) is 0 Å². The van der Waals surface area contributed by atoms with Crippen LogP contribution in [0.1, 0.15) is 194 Å². The maximum Gasteiger partial charge on any atom is 0.127 e. The van der Waals surface area contributed by atoms with Crippen LogP contribution in [0.15, 0.2) is 53.8 Å². The standard InChI is InChI=1S/C43H80N2O/c1-5-7-9-11-13-15-17-19-21-23-25-27-29-31-33-35-39-43(46-44-41-37-38-42-45(3)4)40-36-34-32-30-28-26-24-22-20-18-16-14-12-10-8-6-2/h13-16,19-22,41,43H,5-12,17-18,23-40,42H2,1-4H3/b15-13-,16-14-,21-19-,22-20-,44-41-. The van der Waals surface area contributed by atoms with Gasteiger partial charge in [0.05, 0.1) is 0 Å². The lowest BCUT2D eigenvalue weighted by molar-refractivity contribution is 0.0437. The van der Waals surface area contributed by atoms with E-state index in [9.17, 15) is 0 Å². The molecular weight excluding hydrogens is 560 g/mol. The van der Waals surface area contributed by atoms with E-state index < -0.39 is 0 Å². The molecule has 0 radical (unpaired) electrons. The highest BCUT2D eigenvalue weighted by Gasteiger charge is 2.09. The first-order chi connectivity index (χ1) is 22.7. The minimum absolute atomic E-state index is 0.293. The summed E-state index contributed by atoms with van der Waals surface area (Å²) in [5.41, 5.74) is 0. The molecule has 268 valence electrons. The molecule has 0 atom stereocenters. The molecule has 0 bridgehead atoms. The third-order valence-electron chi connectivity index (χ3n) is 8.68. The SMILES string of the molecule is CCCCC/C=C\C/C=C\CCCCCCCCC(CCCCCCCC/C=C\C/C=C\CCCCC)O/N=C\CCCN(C)C. The number of hydrogen-bond acceptors (Lipinski definition) is 3. The molecule has 0 aliphatic heterocycles. The Bertz CT molecular complexity index is 672. The van der Waals surface area contributed by atoms with Gasteiger partial charge in [0.2, 0.25) is 0 Å². The van der Waals surface area contributed by atoms with E-state index in [1.54, 1.807) is 0 Å². The number of oxime groups is 1. The van der Waals surface area contributed by atoms with Gasteiger partial charge in [-0.2, -0.15) is 0 Å². The zero-order chi connectivity index (χ0) is 33.4. The van der Waals surface area contributed by atoms with Crippen LogP contribution in [0.4, 0.5) is 0 Å². The van der Waals surface area contributed by atoms with Gasteiger partial charge in [0, 0.05) is 6.21 Å². The third kappa shape index (κ3) is 38.6. The molecule has 0 rings (SSSR count). The largest absolute Gasteiger partial charge is 0.393 e. The van der Waals surface area contributed by atoms with Crippen LogP contribution >= 0.6 is 0 Å². The van der Waals surface area contributed by atoms with Crippen molar-refractivity contribution in [3.63, 3.8) is 0 Å². The second kappa shape index (κ2) is 39.6. The molecule has 0 spiro atoms. The molecule has 0 unspecified atom stereocenters. The Kier molecular flexibility index (Phi) is 38.2. The zero-order valence-electron chi connectivity index (χ0n) is 31.6. The fourth-order valence-corrected chi connectivity index (χ4v) is 5.65. The van der Waals surface area contributed by atoms with Gasteiger partial charge in [-0.3, -0.25) is 0 Å². The van der Waals surface area contributed by atoms with Gasteiger partial charge in [-0.15, -0.1) is 0 Å². The van der Waals surface area contributed by atoms with E-state index in [-0.39, 0.29) is 0 Å². The summed E-state index contributed by atoms with van der Waals surface area (Å²) in [6.45, 7) is 5.64. The Morgan fingerprint density at radius 3 is 1.26 bits per heavy atom. The third-order valence-corrected chi connectivity index (χ3v) is 8.68. The lowest BCUT2D eigenvalue weighted by Gasteiger charge is -2.15. The van der Waals surface area contributed by atoms with E-state index in [2.05, 4.69) is 86.6 Å². The maximum atomic E-state index is 6.03. The van der Waals surface area contributed by atoms with E-state index >= 15 is 0 Å². The Morgan fingerprint density at radius 1 is 0.457 bits per heavy atom. The van der Waals surface area contributed by atoms with Crippen LogP contribution < -0.4 is 0 Å². The van der Waals surface area contributed by atoms with Crippen molar-refractivity contribution in [1.82, 2.24) is 4.90 Å². The van der Waals surface area contributed by atoms with Crippen molar-refractivity contribution < 1.29 is 4.84 Å². The molecule has 0 aromatic carbocycles. The van der Waals surface area contributed by atoms with Gasteiger partial charge in [0.25, 0.3) is 0 Å². The first kappa shape index (κ1) is 44.4. The zero-order valence-corrected chi connectivity index (χ0v) is 31.6. The smallest absolute Gasteiger partial charge is 0.127 e. The van der Waals surface area contributed by atoms with Crippen LogP contribution in [0.3, 0.4) is 0 Å². The summed E-state index contributed by atoms with van der Waals surface area (Å²) in [6, 6.07) is 0. The Morgan fingerprint density at radius 2 is 0.848 bits per heavy atom. The number of unbranched alkanes of at least 4 members (excludes halogenated alkanes) is 19. The molecule has 0 heterocycles. The molecule has 0 aromatic rings. The van der Waals surface area contributed by atoms with Crippen LogP contribution in [-0.4, -0.2) is 37.9 Å². The highest BCUT2D eigenvalue weighted by atomic mass is 16.6. The molecule has 0 saturated heterocycles. The number of allylic oxidation sites excluding steroid dienone is 8. The summed E-state index contributed by atoms with van der Waals surface area (Å²) < 4.78 is 0. The van der Waals surface area contributed by atoms with Crippen molar-refractivity contribution in [2.75, 3.05) is 20.6 Å². The molecule has 3 heteroatoms. The predicted octanol–water partition coefficient (Wildman–Crippen LogP) is 14.1. The molecule has 46 heavy (non-hydrogen) atoms. The fourth-order valence-electron chi connectivity index (χ4n) is 5.65. The lowest BCUT2D eigenvalue weighted by Crippen LogP contribution is -2.13. The molecule has 0 aromatic heterocycles. The number of hydrogen-bond donors (Lipinski definition) is 0. The van der Waals surface area contributed by atoms with Gasteiger partial charge >= 0.3 is 0 Å². The van der Waals surface area contributed by atoms with Crippen molar-refractivity contribution >= 4 is 6.21 Å². The monoisotopic (exact) mass is 641 g/mol. The molecule has 0 aliphatic carbocycles. The van der Waals surface area contributed by atoms with Gasteiger partial charge in [0.1, 0.15) is 6.10 Å². The molecular formula is C43H80N2O. The van der Waals surface area contributed by atoms with Crippen LogP contribution in [0.5, 0.6) is 0 Å². The molecule has 0 amide bonds. The second-order valence-corrected chi connectivity index (χ2v) is 13.7. The van der Waals surface area contributed by atoms with Crippen molar-refractivity contribution in [2.45, 2.75) is 200 Å². The van der Waals surface area contributed by atoms with Crippen molar-refractivity contribution in [2.24, 2.45) is 5.16 Å². The van der Waals surface area contributed by atoms with Gasteiger partial charge in [0.15, 0.2) is 0 Å². The Balaban J connectivity index is 3.97.